The van der Waals surface area contributed by atoms with Crippen LogP contribution in [-0.4, -0.2) is 18.7 Å². The highest BCUT2D eigenvalue weighted by Crippen LogP contribution is 2.28. The van der Waals surface area contributed by atoms with E-state index >= 15 is 0 Å². The molecule has 0 spiro atoms. The molecule has 0 saturated heterocycles. The predicted molar refractivity (Wildman–Crippen MR) is 72.1 cm³/mol. The number of benzene rings is 1. The van der Waals surface area contributed by atoms with Gasteiger partial charge in [-0.15, -0.1) is 0 Å². The summed E-state index contributed by atoms with van der Waals surface area (Å²) in [5.41, 5.74) is 15.2. The molecule has 1 heterocycles. The Morgan fingerprint density at radius 1 is 1.29 bits per heavy atom. The smallest absolute Gasteiger partial charge is 0.252 e. The van der Waals surface area contributed by atoms with E-state index in [-0.39, 0.29) is 0 Å². The standard InChI is InChI=1S/C12H14BN3O/c1-6-9(12(15)17)11(14)16-10(6)7-2-4-8(13)5-3-7/h2-5,16H,13-14H2,1H3,(H2,15,17). The summed E-state index contributed by atoms with van der Waals surface area (Å²) in [5, 5.41) is 0. The molecule has 2 aromatic rings. The lowest BCUT2D eigenvalue weighted by molar-refractivity contribution is 0.100. The molecule has 0 saturated carbocycles. The maximum absolute atomic E-state index is 11.3. The van der Waals surface area contributed by atoms with Crippen LogP contribution in [0.25, 0.3) is 11.3 Å². The van der Waals surface area contributed by atoms with Gasteiger partial charge in [-0.2, -0.15) is 0 Å². The average molecular weight is 227 g/mol. The highest BCUT2D eigenvalue weighted by Gasteiger charge is 2.17. The number of nitrogens with two attached hydrogens (primary N) is 2. The number of H-pyrrole nitrogens is 1. The van der Waals surface area contributed by atoms with E-state index in [4.69, 9.17) is 11.5 Å². The van der Waals surface area contributed by atoms with Gasteiger partial charge in [0.05, 0.1) is 11.3 Å². The Morgan fingerprint density at radius 2 is 1.88 bits per heavy atom. The van der Waals surface area contributed by atoms with Gasteiger partial charge in [-0.05, 0) is 18.1 Å². The van der Waals surface area contributed by atoms with Crippen molar-refractivity contribution >= 4 is 25.0 Å². The van der Waals surface area contributed by atoms with Crippen molar-refractivity contribution in [1.29, 1.82) is 0 Å². The van der Waals surface area contributed by atoms with E-state index in [1.807, 2.05) is 39.0 Å². The molecule has 0 aliphatic rings. The number of primary amides is 1. The second-order valence-electron chi connectivity index (χ2n) is 4.14. The van der Waals surface area contributed by atoms with Gasteiger partial charge in [0.15, 0.2) is 0 Å². The molecule has 2 rings (SSSR count). The van der Waals surface area contributed by atoms with E-state index in [0.29, 0.717) is 11.4 Å². The van der Waals surface area contributed by atoms with Gasteiger partial charge in [0.2, 0.25) is 0 Å². The van der Waals surface area contributed by atoms with Crippen molar-refractivity contribution in [2.45, 2.75) is 6.92 Å². The van der Waals surface area contributed by atoms with Gasteiger partial charge in [-0.1, -0.05) is 29.7 Å². The zero-order valence-electron chi connectivity index (χ0n) is 9.87. The fraction of sp³-hybridized carbons (Fsp3) is 0.0833. The number of hydrogen-bond acceptors (Lipinski definition) is 2. The predicted octanol–water partition coefficient (Wildman–Crippen LogP) is -0.0704. The number of nitrogens with one attached hydrogen (secondary N) is 1. The normalized spacial score (nSPS) is 10.4. The molecular weight excluding hydrogens is 213 g/mol. The first-order valence-corrected chi connectivity index (χ1v) is 5.35. The van der Waals surface area contributed by atoms with Gasteiger partial charge in [0.25, 0.3) is 5.91 Å². The van der Waals surface area contributed by atoms with Crippen molar-refractivity contribution in [3.05, 3.63) is 35.4 Å². The number of nitrogen functional groups attached to an aromatic ring is 1. The third kappa shape index (κ3) is 1.91. The topological polar surface area (TPSA) is 84.9 Å². The van der Waals surface area contributed by atoms with Gasteiger partial charge in [-0.25, -0.2) is 0 Å². The monoisotopic (exact) mass is 227 g/mol. The number of aromatic amines is 1. The molecule has 1 aromatic carbocycles. The van der Waals surface area contributed by atoms with Gasteiger partial charge in [-0.3, -0.25) is 4.79 Å². The maximum atomic E-state index is 11.3. The number of rotatable bonds is 2. The fourth-order valence-corrected chi connectivity index (χ4v) is 1.94. The first kappa shape index (κ1) is 11.3. The molecule has 5 heteroatoms. The zero-order valence-corrected chi connectivity index (χ0v) is 9.87. The second kappa shape index (κ2) is 4.01. The maximum Gasteiger partial charge on any atom is 0.252 e. The number of carbonyl (C=O) groups excluding carboxylic acids is 1. The van der Waals surface area contributed by atoms with Gasteiger partial charge >= 0.3 is 0 Å². The minimum Gasteiger partial charge on any atom is -0.385 e. The first-order valence-electron chi connectivity index (χ1n) is 5.35. The third-order valence-corrected chi connectivity index (χ3v) is 2.87. The molecule has 1 amide bonds. The third-order valence-electron chi connectivity index (χ3n) is 2.87. The van der Waals surface area contributed by atoms with Crippen LogP contribution in [0.2, 0.25) is 0 Å². The number of hydrogen-bond donors (Lipinski definition) is 3. The number of aromatic nitrogens is 1. The Morgan fingerprint density at radius 3 is 2.35 bits per heavy atom. The highest BCUT2D eigenvalue weighted by molar-refractivity contribution is 6.32. The van der Waals surface area contributed by atoms with E-state index in [1.165, 1.54) is 5.46 Å². The summed E-state index contributed by atoms with van der Waals surface area (Å²) in [6.07, 6.45) is 0. The molecule has 0 aliphatic heterocycles. The average Bonchev–Trinajstić information content (AvgIpc) is 2.55. The molecule has 0 aliphatic carbocycles. The largest absolute Gasteiger partial charge is 0.385 e. The van der Waals surface area contributed by atoms with Crippen molar-refractivity contribution in [1.82, 2.24) is 4.98 Å². The van der Waals surface area contributed by atoms with Crippen molar-refractivity contribution in [3.63, 3.8) is 0 Å². The van der Waals surface area contributed by atoms with Crippen molar-refractivity contribution in [3.8, 4) is 11.3 Å². The molecule has 1 aromatic heterocycles. The molecule has 0 unspecified atom stereocenters. The van der Waals surface area contributed by atoms with Crippen LogP contribution >= 0.6 is 0 Å². The fourth-order valence-electron chi connectivity index (χ4n) is 1.94. The molecule has 0 fully saturated rings. The summed E-state index contributed by atoms with van der Waals surface area (Å²) in [5.74, 6) is -0.180. The summed E-state index contributed by atoms with van der Waals surface area (Å²) in [6.45, 7) is 1.84. The molecule has 4 nitrogen and oxygen atoms in total. The van der Waals surface area contributed by atoms with Crippen LogP contribution in [0.15, 0.2) is 24.3 Å². The van der Waals surface area contributed by atoms with Gasteiger partial charge in [0.1, 0.15) is 13.7 Å². The van der Waals surface area contributed by atoms with Gasteiger partial charge in [0, 0.05) is 0 Å². The lowest BCUT2D eigenvalue weighted by Gasteiger charge is -2.01. The van der Waals surface area contributed by atoms with Crippen LogP contribution in [-0.2, 0) is 0 Å². The number of anilines is 1. The van der Waals surface area contributed by atoms with Crippen LogP contribution in [0.3, 0.4) is 0 Å². The summed E-state index contributed by atoms with van der Waals surface area (Å²) in [6, 6.07) is 7.99. The molecule has 17 heavy (non-hydrogen) atoms. The van der Waals surface area contributed by atoms with Crippen LogP contribution in [0, 0.1) is 6.92 Å². The summed E-state index contributed by atoms with van der Waals surface area (Å²) in [4.78, 5) is 14.3. The van der Waals surface area contributed by atoms with Crippen LogP contribution in [0.4, 0.5) is 5.82 Å². The van der Waals surface area contributed by atoms with Crippen molar-refractivity contribution in [2.24, 2.45) is 5.73 Å². The van der Waals surface area contributed by atoms with E-state index in [2.05, 4.69) is 4.98 Å². The molecule has 0 radical (unpaired) electrons. The zero-order chi connectivity index (χ0) is 12.6. The minimum absolute atomic E-state index is 0.325. The van der Waals surface area contributed by atoms with Crippen molar-refractivity contribution < 1.29 is 4.79 Å². The minimum atomic E-state index is -0.505. The van der Waals surface area contributed by atoms with E-state index in [9.17, 15) is 4.79 Å². The second-order valence-corrected chi connectivity index (χ2v) is 4.14. The van der Waals surface area contributed by atoms with Crippen LogP contribution in [0.5, 0.6) is 0 Å². The van der Waals surface area contributed by atoms with Crippen molar-refractivity contribution in [2.75, 3.05) is 5.73 Å². The highest BCUT2D eigenvalue weighted by atomic mass is 16.1. The van der Waals surface area contributed by atoms with E-state index in [0.717, 1.165) is 16.8 Å². The Hall–Kier alpha value is -2.17. The lowest BCUT2D eigenvalue weighted by Crippen LogP contribution is -2.13. The SMILES string of the molecule is Bc1ccc(-c2[nH]c(N)c(C(N)=O)c2C)cc1. The Kier molecular flexibility index (Phi) is 2.67. The van der Waals surface area contributed by atoms with Crippen LogP contribution < -0.4 is 16.9 Å². The van der Waals surface area contributed by atoms with Crippen LogP contribution in [0.1, 0.15) is 15.9 Å². The van der Waals surface area contributed by atoms with E-state index in [1.54, 1.807) is 0 Å². The Bertz CT molecular complexity index is 572. The molecule has 5 N–H and O–H groups in total. The molecule has 86 valence electrons. The first-order chi connectivity index (χ1) is 8.00. The molecule has 0 bridgehead atoms. The number of amides is 1. The molecular formula is C12H14BN3O. The Balaban J connectivity index is 2.57. The Labute approximate surface area is 100 Å². The summed E-state index contributed by atoms with van der Waals surface area (Å²) < 4.78 is 0. The quantitative estimate of drug-likeness (QED) is 0.627. The summed E-state index contributed by atoms with van der Waals surface area (Å²) >= 11 is 0. The molecule has 0 atom stereocenters. The van der Waals surface area contributed by atoms with Gasteiger partial charge < -0.3 is 16.5 Å². The summed E-state index contributed by atoms with van der Waals surface area (Å²) in [7, 11) is 2.02. The lowest BCUT2D eigenvalue weighted by atomic mass is 9.94. The number of carbonyl (C=O) groups is 1. The van der Waals surface area contributed by atoms with E-state index < -0.39 is 5.91 Å².